The van der Waals surface area contributed by atoms with Gasteiger partial charge in [-0.1, -0.05) is 0 Å². The van der Waals surface area contributed by atoms with Gasteiger partial charge in [-0.15, -0.1) is 0 Å². The molecule has 1 aliphatic rings. The molecule has 0 atom stereocenters. The monoisotopic (exact) mass is 240 g/mol. The summed E-state index contributed by atoms with van der Waals surface area (Å²) in [5, 5.41) is 0. The Morgan fingerprint density at radius 3 is 2.44 bits per heavy atom. The molecule has 1 aliphatic heterocycles. The average molecular weight is 240 g/mol. The Hall–Kier alpha value is -1.97. The minimum absolute atomic E-state index is 0.851. The summed E-state index contributed by atoms with van der Waals surface area (Å²) in [6, 6.07) is 5.90. The molecule has 4 heteroatoms. The van der Waals surface area contributed by atoms with Crippen molar-refractivity contribution in [2.24, 2.45) is 0 Å². The highest BCUT2D eigenvalue weighted by Gasteiger charge is 2.13. The minimum Gasteiger partial charge on any atom is -0.341 e. The predicted octanol–water partition coefficient (Wildman–Crippen LogP) is 2.53. The largest absolute Gasteiger partial charge is 0.341 e. The standard InChI is InChI=1S/C14H16N4/c1-2-10-18(11-3-1)14-16-9-6-13(17-14)12-4-7-15-8-5-12/h4-9H,1-3,10-11H2. The molecule has 0 aromatic carbocycles. The number of anilines is 1. The van der Waals surface area contributed by atoms with E-state index in [4.69, 9.17) is 0 Å². The fraction of sp³-hybridized carbons (Fsp3) is 0.357. The van der Waals surface area contributed by atoms with Gasteiger partial charge in [-0.25, -0.2) is 9.97 Å². The van der Waals surface area contributed by atoms with Crippen LogP contribution in [0.4, 0.5) is 5.95 Å². The van der Waals surface area contributed by atoms with Crippen LogP contribution in [0.15, 0.2) is 36.8 Å². The molecule has 1 saturated heterocycles. The lowest BCUT2D eigenvalue weighted by molar-refractivity contribution is 0.568. The first kappa shape index (κ1) is 11.1. The second-order valence-electron chi connectivity index (χ2n) is 4.53. The third-order valence-electron chi connectivity index (χ3n) is 3.26. The van der Waals surface area contributed by atoms with Gasteiger partial charge in [0.2, 0.25) is 5.95 Å². The molecule has 18 heavy (non-hydrogen) atoms. The summed E-state index contributed by atoms with van der Waals surface area (Å²) in [6.07, 6.45) is 9.22. The SMILES string of the molecule is c1cc(-c2ccnc(N3CCCCC3)n2)ccn1. The minimum atomic E-state index is 0.851. The second-order valence-corrected chi connectivity index (χ2v) is 4.53. The Kier molecular flexibility index (Phi) is 3.17. The van der Waals surface area contributed by atoms with E-state index in [2.05, 4.69) is 19.9 Å². The molecule has 0 amide bonds. The molecule has 0 bridgehead atoms. The van der Waals surface area contributed by atoms with Crippen LogP contribution in [0.1, 0.15) is 19.3 Å². The Morgan fingerprint density at radius 1 is 0.889 bits per heavy atom. The van der Waals surface area contributed by atoms with Crippen LogP contribution in [0.5, 0.6) is 0 Å². The van der Waals surface area contributed by atoms with Crippen molar-refractivity contribution in [3.8, 4) is 11.3 Å². The number of aromatic nitrogens is 3. The van der Waals surface area contributed by atoms with Crippen molar-refractivity contribution < 1.29 is 0 Å². The lowest BCUT2D eigenvalue weighted by Crippen LogP contribution is -2.30. The van der Waals surface area contributed by atoms with Crippen LogP contribution in [-0.2, 0) is 0 Å². The highest BCUT2D eigenvalue weighted by atomic mass is 15.2. The molecular weight excluding hydrogens is 224 g/mol. The van der Waals surface area contributed by atoms with Gasteiger partial charge in [0.15, 0.2) is 0 Å². The molecule has 2 aromatic rings. The van der Waals surface area contributed by atoms with E-state index in [9.17, 15) is 0 Å². The van der Waals surface area contributed by atoms with Gasteiger partial charge in [0.05, 0.1) is 5.69 Å². The fourth-order valence-corrected chi connectivity index (χ4v) is 2.28. The van der Waals surface area contributed by atoms with Gasteiger partial charge in [0.1, 0.15) is 0 Å². The molecule has 3 heterocycles. The third kappa shape index (κ3) is 2.32. The van der Waals surface area contributed by atoms with Crippen LogP contribution in [0.3, 0.4) is 0 Å². The van der Waals surface area contributed by atoms with E-state index in [0.29, 0.717) is 0 Å². The maximum Gasteiger partial charge on any atom is 0.225 e. The molecule has 3 rings (SSSR count). The maximum atomic E-state index is 4.65. The van der Waals surface area contributed by atoms with Crippen molar-refractivity contribution in [2.45, 2.75) is 19.3 Å². The summed E-state index contributed by atoms with van der Waals surface area (Å²) >= 11 is 0. The summed E-state index contributed by atoms with van der Waals surface area (Å²) < 4.78 is 0. The van der Waals surface area contributed by atoms with Crippen LogP contribution < -0.4 is 4.90 Å². The lowest BCUT2D eigenvalue weighted by atomic mass is 10.1. The number of nitrogens with zero attached hydrogens (tertiary/aromatic N) is 4. The highest BCUT2D eigenvalue weighted by molar-refractivity contribution is 5.59. The topological polar surface area (TPSA) is 41.9 Å². The number of hydrogen-bond donors (Lipinski definition) is 0. The Balaban J connectivity index is 1.89. The predicted molar refractivity (Wildman–Crippen MR) is 71.3 cm³/mol. The van der Waals surface area contributed by atoms with E-state index in [-0.39, 0.29) is 0 Å². The highest BCUT2D eigenvalue weighted by Crippen LogP contribution is 2.20. The molecule has 0 radical (unpaired) electrons. The van der Waals surface area contributed by atoms with E-state index in [0.717, 1.165) is 30.3 Å². The Labute approximate surface area is 107 Å². The summed E-state index contributed by atoms with van der Waals surface area (Å²) in [6.45, 7) is 2.14. The van der Waals surface area contributed by atoms with Crippen LogP contribution in [0, 0.1) is 0 Å². The zero-order valence-corrected chi connectivity index (χ0v) is 10.3. The molecule has 0 aliphatic carbocycles. The van der Waals surface area contributed by atoms with Crippen molar-refractivity contribution in [1.29, 1.82) is 0 Å². The van der Waals surface area contributed by atoms with Gasteiger partial charge in [-0.2, -0.15) is 0 Å². The normalized spacial score (nSPS) is 15.7. The Bertz CT molecular complexity index is 506. The van der Waals surface area contributed by atoms with Crippen LogP contribution in [-0.4, -0.2) is 28.0 Å². The molecule has 92 valence electrons. The van der Waals surface area contributed by atoms with Gasteiger partial charge in [0, 0.05) is 37.2 Å². The van der Waals surface area contributed by atoms with E-state index < -0.39 is 0 Å². The molecule has 0 unspecified atom stereocenters. The smallest absolute Gasteiger partial charge is 0.225 e. The summed E-state index contributed by atoms with van der Waals surface area (Å²) in [5.41, 5.74) is 2.05. The van der Waals surface area contributed by atoms with Gasteiger partial charge < -0.3 is 4.90 Å². The zero-order valence-electron chi connectivity index (χ0n) is 10.3. The number of rotatable bonds is 2. The van der Waals surface area contributed by atoms with Crippen LogP contribution in [0.25, 0.3) is 11.3 Å². The first-order chi connectivity index (χ1) is 8.93. The molecule has 4 nitrogen and oxygen atoms in total. The van der Waals surface area contributed by atoms with Crippen molar-refractivity contribution in [3.05, 3.63) is 36.8 Å². The summed E-state index contributed by atoms with van der Waals surface area (Å²) in [7, 11) is 0. The van der Waals surface area contributed by atoms with Crippen molar-refractivity contribution in [3.63, 3.8) is 0 Å². The second kappa shape index (κ2) is 5.12. The van der Waals surface area contributed by atoms with E-state index in [1.165, 1.54) is 19.3 Å². The number of pyridine rings is 1. The maximum absolute atomic E-state index is 4.65. The average Bonchev–Trinajstić information content (AvgIpc) is 2.49. The van der Waals surface area contributed by atoms with Gasteiger partial charge >= 0.3 is 0 Å². The van der Waals surface area contributed by atoms with Crippen LogP contribution >= 0.6 is 0 Å². The Morgan fingerprint density at radius 2 is 1.67 bits per heavy atom. The fourth-order valence-electron chi connectivity index (χ4n) is 2.28. The van der Waals surface area contributed by atoms with Gasteiger partial charge in [-0.05, 0) is 37.5 Å². The molecule has 2 aromatic heterocycles. The van der Waals surface area contributed by atoms with E-state index >= 15 is 0 Å². The molecular formula is C14H16N4. The molecule has 1 fully saturated rings. The van der Waals surface area contributed by atoms with Gasteiger partial charge in [-0.3, -0.25) is 4.98 Å². The number of hydrogen-bond acceptors (Lipinski definition) is 4. The molecule has 0 N–H and O–H groups in total. The molecule has 0 saturated carbocycles. The summed E-state index contributed by atoms with van der Waals surface area (Å²) in [5.74, 6) is 0.851. The van der Waals surface area contributed by atoms with Crippen molar-refractivity contribution in [1.82, 2.24) is 15.0 Å². The third-order valence-corrected chi connectivity index (χ3v) is 3.26. The zero-order chi connectivity index (χ0) is 12.2. The van der Waals surface area contributed by atoms with E-state index in [1.807, 2.05) is 24.4 Å². The first-order valence-corrected chi connectivity index (χ1v) is 6.42. The number of piperidine rings is 1. The van der Waals surface area contributed by atoms with Crippen molar-refractivity contribution >= 4 is 5.95 Å². The lowest BCUT2D eigenvalue weighted by Gasteiger charge is -2.26. The van der Waals surface area contributed by atoms with Crippen molar-refractivity contribution in [2.75, 3.05) is 18.0 Å². The first-order valence-electron chi connectivity index (χ1n) is 6.42. The van der Waals surface area contributed by atoms with Gasteiger partial charge in [0.25, 0.3) is 0 Å². The quantitative estimate of drug-likeness (QED) is 0.809. The molecule has 0 spiro atoms. The van der Waals surface area contributed by atoms with Crippen LogP contribution in [0.2, 0.25) is 0 Å². The summed E-state index contributed by atoms with van der Waals surface area (Å²) in [4.78, 5) is 15.3. The van der Waals surface area contributed by atoms with E-state index in [1.54, 1.807) is 12.4 Å².